The van der Waals surface area contributed by atoms with Crippen LogP contribution in [-0.4, -0.2) is 0 Å². The molecule has 108 heavy (non-hydrogen) atoms. The normalized spacial score (nSPS) is 21.0. The van der Waals surface area contributed by atoms with Gasteiger partial charge in [-0.3, -0.25) is 0 Å². The standard InChI is InChI=1S/C22H28N.2C21H26N.C20H24N.C19H22N/c1-15-9-12-23(4)20(13-15)19-14-17-7-5-10-22(3)11-6-8-18(16(19)2)21(17)22;1-14-8-11-22(4)19(12-14)18-13-16-6-5-9-21(3)10-7-17(15(18)2)20(16)21;1-14-10-11-22(3)20(12-14)19-13-17-8-4-6-16-7-5-9-18(15(19)2)21(16)17;1-13-9-10-21(3)19(11-13)18-12-16-6-4-5-15-7-8-17(14(18)2)20(15)16;1-12-8-9-20(3)18(10-12)17-11-15-5-4-14-6-7-16(13(17)2)19(14)15/h9,12-14H,5-8,10-11H2,1-4H3;8,11-13H,5-7,9-10H2,1-4H3;10-13,16H,4-9H2,1-3H3;9-12,15H,4-8H2,1-3H3;8-11,14H,4-7H2,1-3H3/q5*+1. The van der Waals surface area contributed by atoms with E-state index in [-0.39, 0.29) is 0 Å². The highest BCUT2D eigenvalue weighted by Crippen LogP contribution is 2.53. The lowest BCUT2D eigenvalue weighted by Crippen LogP contribution is -2.34. The van der Waals surface area contributed by atoms with Gasteiger partial charge in [-0.2, -0.15) is 0 Å². The van der Waals surface area contributed by atoms with E-state index in [4.69, 9.17) is 0 Å². The van der Waals surface area contributed by atoms with Crippen LogP contribution in [0.25, 0.3) is 56.3 Å². The van der Waals surface area contributed by atoms with Crippen molar-refractivity contribution >= 4 is 0 Å². The maximum absolute atomic E-state index is 2.52. The molecule has 5 aromatic heterocycles. The van der Waals surface area contributed by atoms with E-state index in [0.29, 0.717) is 10.8 Å². The molecule has 558 valence electrons. The van der Waals surface area contributed by atoms with E-state index in [1.54, 1.807) is 83.5 Å². The number of hydrogen-bond acceptors (Lipinski definition) is 0. The summed E-state index contributed by atoms with van der Waals surface area (Å²) in [6, 6.07) is 35.1. The molecule has 0 saturated carbocycles. The first-order valence-electron chi connectivity index (χ1n) is 42.5. The fraction of sp³-hybridized carbons (Fsp3) is 0.466. The predicted octanol–water partition coefficient (Wildman–Crippen LogP) is 21.5. The minimum atomic E-state index is 0.444. The summed E-state index contributed by atoms with van der Waals surface area (Å²) in [7, 11) is 10.8. The van der Waals surface area contributed by atoms with Crippen LogP contribution < -0.4 is 22.8 Å². The van der Waals surface area contributed by atoms with Crippen molar-refractivity contribution in [3.8, 4) is 56.3 Å². The van der Waals surface area contributed by atoms with Gasteiger partial charge < -0.3 is 0 Å². The summed E-state index contributed by atoms with van der Waals surface area (Å²) >= 11 is 0. The molecule has 5 heteroatoms. The van der Waals surface area contributed by atoms with Gasteiger partial charge in [-0.25, -0.2) is 22.8 Å². The molecule has 10 aliphatic rings. The molecule has 10 aromatic rings. The Morgan fingerprint density at radius 1 is 0.259 bits per heavy atom. The van der Waals surface area contributed by atoms with E-state index in [2.05, 4.69) is 263 Å². The van der Waals surface area contributed by atoms with E-state index in [0.717, 1.165) is 17.8 Å². The molecule has 5 aromatic carbocycles. The third-order valence-electron chi connectivity index (χ3n) is 29.1. The first kappa shape index (κ1) is 74.0. The maximum atomic E-state index is 2.52. The molecular weight excluding hydrogens is 1310 g/mol. The zero-order valence-corrected chi connectivity index (χ0v) is 69.4. The zero-order chi connectivity index (χ0) is 75.4. The third kappa shape index (κ3) is 13.5. The van der Waals surface area contributed by atoms with E-state index < -0.39 is 0 Å². The van der Waals surface area contributed by atoms with E-state index >= 15 is 0 Å². The SMILES string of the molecule is Cc1cc[n+](C)c(-c2cc3c4c(c2C)CCC4(C)CCC3)c1.Cc1cc[n+](C)c(-c2cc3c4c(c2C)CCC4CC3)c1.Cc1cc[n+](C)c(-c2cc3c4c(c2C)CCC4CCC3)c1.Cc1cc[n+](C)c(-c2cc3c4c(c2C)CCCC4(C)CCC3)c1.Cc1cc[n+](C)c(-c2cc3c4c(c2C)CCCC4CCC3)c1. The van der Waals surface area contributed by atoms with Gasteiger partial charge in [-0.1, -0.05) is 13.8 Å². The van der Waals surface area contributed by atoms with Crippen molar-refractivity contribution in [3.63, 3.8) is 0 Å². The van der Waals surface area contributed by atoms with Gasteiger partial charge in [-0.05, 0) is 434 Å². The quantitative estimate of drug-likeness (QED) is 0.153. The van der Waals surface area contributed by atoms with Crippen molar-refractivity contribution in [2.24, 2.45) is 35.2 Å². The molecule has 0 bridgehead atoms. The van der Waals surface area contributed by atoms with Gasteiger partial charge in [0.1, 0.15) is 35.2 Å². The molecule has 0 amide bonds. The highest BCUT2D eigenvalue weighted by Gasteiger charge is 2.42. The number of hydrogen-bond donors (Lipinski definition) is 0. The van der Waals surface area contributed by atoms with Crippen LogP contribution in [0.15, 0.2) is 122 Å². The van der Waals surface area contributed by atoms with Gasteiger partial charge in [0.15, 0.2) is 31.0 Å². The fourth-order valence-electron chi connectivity index (χ4n) is 23.2. The first-order chi connectivity index (χ1) is 51.9. The second kappa shape index (κ2) is 29.6. The smallest absolute Gasteiger partial charge is 0.201 e. The lowest BCUT2D eigenvalue weighted by atomic mass is 9.62. The van der Waals surface area contributed by atoms with Crippen LogP contribution in [0.1, 0.15) is 273 Å². The van der Waals surface area contributed by atoms with Crippen molar-refractivity contribution in [1.82, 2.24) is 0 Å². The summed E-state index contributed by atoms with van der Waals surface area (Å²) in [5.74, 6) is 2.59. The van der Waals surface area contributed by atoms with Crippen LogP contribution in [0.5, 0.6) is 0 Å². The zero-order valence-electron chi connectivity index (χ0n) is 69.4. The van der Waals surface area contributed by atoms with Crippen molar-refractivity contribution in [3.05, 3.63) is 261 Å². The van der Waals surface area contributed by atoms with Crippen LogP contribution >= 0.6 is 0 Å². The number of pyridine rings is 5. The monoisotopic (exact) mass is 1430 g/mol. The van der Waals surface area contributed by atoms with E-state index in [9.17, 15) is 0 Å². The second-order valence-electron chi connectivity index (χ2n) is 36.5. The van der Waals surface area contributed by atoms with Crippen LogP contribution in [0.2, 0.25) is 0 Å². The van der Waals surface area contributed by atoms with Gasteiger partial charge in [-0.15, -0.1) is 0 Å². The predicted molar refractivity (Wildman–Crippen MR) is 446 cm³/mol. The highest BCUT2D eigenvalue weighted by molar-refractivity contribution is 5.73. The number of aromatic nitrogens is 5. The molecule has 10 aliphatic carbocycles. The molecule has 5 heterocycles. The minimum absolute atomic E-state index is 0.444. The molecule has 20 rings (SSSR count). The Bertz CT molecular complexity index is 5180. The summed E-state index contributed by atoms with van der Waals surface area (Å²) < 4.78 is 11.3. The van der Waals surface area contributed by atoms with Gasteiger partial charge in [0.25, 0.3) is 0 Å². The highest BCUT2D eigenvalue weighted by atomic mass is 14.9. The Kier molecular flexibility index (Phi) is 20.3. The Morgan fingerprint density at radius 3 is 0.898 bits per heavy atom. The molecule has 5 atom stereocenters. The second-order valence-corrected chi connectivity index (χ2v) is 36.5. The molecule has 0 radical (unpaired) electrons. The van der Waals surface area contributed by atoms with Crippen LogP contribution in [0, 0.1) is 69.2 Å². The molecule has 0 aliphatic heterocycles. The average Bonchev–Trinajstić information content (AvgIpc) is 1.28. The summed E-state index contributed by atoms with van der Waals surface area (Å²) in [6.07, 6.45) is 45.8. The molecule has 5 nitrogen and oxygen atoms in total. The fourth-order valence-corrected chi connectivity index (χ4v) is 23.2. The largest absolute Gasteiger partial charge is 0.212 e. The van der Waals surface area contributed by atoms with E-state index in [1.165, 1.54) is 279 Å². The number of rotatable bonds is 5. The van der Waals surface area contributed by atoms with Crippen LogP contribution in [-0.2, 0) is 110 Å². The van der Waals surface area contributed by atoms with Crippen LogP contribution in [0.3, 0.4) is 0 Å². The molecule has 0 N–H and O–H groups in total. The first-order valence-corrected chi connectivity index (χ1v) is 42.5. The molecular formula is C103H126N5+5. The number of aryl methyl sites for hydroxylation is 15. The van der Waals surface area contributed by atoms with Gasteiger partial charge in [0, 0.05) is 88.5 Å². The van der Waals surface area contributed by atoms with Crippen molar-refractivity contribution in [2.45, 2.75) is 279 Å². The summed E-state index contributed by atoms with van der Waals surface area (Å²) in [5.41, 5.74) is 54.5. The minimum Gasteiger partial charge on any atom is -0.201 e. The van der Waals surface area contributed by atoms with Gasteiger partial charge in [0.2, 0.25) is 28.5 Å². The van der Waals surface area contributed by atoms with Gasteiger partial charge in [0.05, 0.1) is 0 Å². The summed E-state index contributed by atoms with van der Waals surface area (Å²) in [6.45, 7) is 27.7. The van der Waals surface area contributed by atoms with Gasteiger partial charge >= 0.3 is 0 Å². The number of nitrogens with zero attached hydrogens (tertiary/aromatic N) is 5. The third-order valence-corrected chi connectivity index (χ3v) is 29.1. The van der Waals surface area contributed by atoms with Crippen molar-refractivity contribution in [2.75, 3.05) is 0 Å². The molecule has 5 unspecified atom stereocenters. The summed E-state index contributed by atoms with van der Waals surface area (Å²) in [4.78, 5) is 0. The lowest BCUT2D eigenvalue weighted by Gasteiger charge is -2.42. The van der Waals surface area contributed by atoms with E-state index in [1.807, 2.05) is 0 Å². The summed E-state index contributed by atoms with van der Waals surface area (Å²) in [5, 5.41) is 0. The number of benzene rings is 5. The molecule has 0 spiro atoms. The Hall–Kier alpha value is -8.15. The molecule has 0 saturated heterocycles. The Morgan fingerprint density at radius 2 is 0.519 bits per heavy atom. The van der Waals surface area contributed by atoms with Crippen LogP contribution in [0.4, 0.5) is 0 Å². The molecule has 0 fully saturated rings. The Balaban J connectivity index is 0.000000103. The average molecular weight is 1430 g/mol. The topological polar surface area (TPSA) is 19.4 Å². The van der Waals surface area contributed by atoms with Crippen molar-refractivity contribution in [1.29, 1.82) is 0 Å². The van der Waals surface area contributed by atoms with Crippen molar-refractivity contribution < 1.29 is 22.8 Å². The lowest BCUT2D eigenvalue weighted by molar-refractivity contribution is -0.660. The Labute approximate surface area is 650 Å². The maximum Gasteiger partial charge on any atom is 0.212 e.